The van der Waals surface area contributed by atoms with Gasteiger partial charge in [0.25, 0.3) is 0 Å². The van der Waals surface area contributed by atoms with Crippen molar-refractivity contribution in [1.29, 1.82) is 0 Å². The average molecular weight is 811 g/mol. The van der Waals surface area contributed by atoms with E-state index >= 15 is 0 Å². The van der Waals surface area contributed by atoms with Crippen LogP contribution in [-0.2, 0) is 0 Å². The smallest absolute Gasteiger partial charge is 0.166 e. The molecule has 0 radical (unpaired) electrons. The maximum absolute atomic E-state index is 5.43. The lowest BCUT2D eigenvalue weighted by Crippen LogP contribution is -2.13. The molecule has 0 saturated heterocycles. The number of benzene rings is 9. The van der Waals surface area contributed by atoms with Crippen LogP contribution in [-0.4, -0.2) is 15.0 Å². The largest absolute Gasteiger partial charge is 0.310 e. The van der Waals surface area contributed by atoms with Gasteiger partial charge in [-0.2, -0.15) is 0 Å². The van der Waals surface area contributed by atoms with Gasteiger partial charge in [0.1, 0.15) is 0 Å². The molecule has 0 aliphatic rings. The Labute approximate surface area is 368 Å². The zero-order valence-electron chi connectivity index (χ0n) is 34.4. The zero-order valence-corrected chi connectivity index (χ0v) is 34.4. The fraction of sp³-hybridized carbons (Fsp3) is 0. The van der Waals surface area contributed by atoms with Crippen LogP contribution in [0.5, 0.6) is 0 Å². The molecule has 0 N–H and O–H groups in total. The van der Waals surface area contributed by atoms with Gasteiger partial charge in [-0.05, 0) is 109 Å². The van der Waals surface area contributed by atoms with Crippen LogP contribution in [0.15, 0.2) is 255 Å². The Morgan fingerprint density at radius 1 is 0.222 bits per heavy atom. The highest BCUT2D eigenvalue weighted by atomic mass is 15.2. The van der Waals surface area contributed by atoms with Gasteiger partial charge < -0.3 is 14.7 Å². The minimum Gasteiger partial charge on any atom is -0.310 e. The normalized spacial score (nSPS) is 10.9. The van der Waals surface area contributed by atoms with Crippen LogP contribution in [0.4, 0.5) is 51.2 Å². The highest BCUT2D eigenvalue weighted by molar-refractivity contribution is 5.89. The van der Waals surface area contributed by atoms with E-state index in [1.165, 1.54) is 0 Å². The lowest BCUT2D eigenvalue weighted by molar-refractivity contribution is 1.07. The first kappa shape index (κ1) is 38.6. The summed E-state index contributed by atoms with van der Waals surface area (Å²) >= 11 is 0. The second-order valence-electron chi connectivity index (χ2n) is 14.9. The summed E-state index contributed by atoms with van der Waals surface area (Å²) in [7, 11) is 0. The number of para-hydroxylation sites is 8. The maximum Gasteiger partial charge on any atom is 0.166 e. The molecule has 6 nitrogen and oxygen atoms in total. The zero-order chi connectivity index (χ0) is 42.2. The van der Waals surface area contributed by atoms with E-state index in [1.807, 2.05) is 36.4 Å². The third kappa shape index (κ3) is 8.17. The second kappa shape index (κ2) is 17.9. The van der Waals surface area contributed by atoms with Gasteiger partial charge in [-0.15, -0.1) is 0 Å². The van der Waals surface area contributed by atoms with Gasteiger partial charge in [-0.25, -0.2) is 15.0 Å². The number of anilines is 9. The standard InChI is InChI=1S/C57H42N6/c1-7-25-44(26-8-1)61(45-27-9-2-10-28-45)50-37-23-24-43(42-50)55-58-56(51-38-19-21-40-53(51)62(46-29-11-3-12-30-46)47-31-13-4-14-32-47)60-57(59-55)52-39-20-22-41-54(52)63(48-33-15-5-16-34-48)49-35-17-6-18-36-49/h1-42H. The van der Waals surface area contributed by atoms with Crippen LogP contribution in [0.2, 0.25) is 0 Å². The summed E-state index contributed by atoms with van der Waals surface area (Å²) in [5, 5.41) is 0. The van der Waals surface area contributed by atoms with Crippen molar-refractivity contribution >= 4 is 51.2 Å². The van der Waals surface area contributed by atoms with E-state index in [-0.39, 0.29) is 0 Å². The molecule has 10 aromatic rings. The summed E-state index contributed by atoms with van der Waals surface area (Å²) in [5.74, 6) is 1.66. The molecule has 1 aromatic heterocycles. The van der Waals surface area contributed by atoms with Crippen LogP contribution in [0.25, 0.3) is 34.2 Å². The molecule has 0 atom stereocenters. The molecule has 300 valence electrons. The number of rotatable bonds is 12. The van der Waals surface area contributed by atoms with Gasteiger partial charge in [0, 0.05) is 56.5 Å². The molecular weight excluding hydrogens is 769 g/mol. The maximum atomic E-state index is 5.43. The van der Waals surface area contributed by atoms with Gasteiger partial charge in [0.05, 0.1) is 11.4 Å². The Morgan fingerprint density at radius 2 is 0.508 bits per heavy atom. The predicted molar refractivity (Wildman–Crippen MR) is 260 cm³/mol. The van der Waals surface area contributed by atoms with E-state index in [4.69, 9.17) is 15.0 Å². The molecule has 10 rings (SSSR count). The highest BCUT2D eigenvalue weighted by Crippen LogP contribution is 2.43. The predicted octanol–water partition coefficient (Wildman–Crippen LogP) is 15.3. The van der Waals surface area contributed by atoms with Crippen molar-refractivity contribution < 1.29 is 0 Å². The minimum atomic E-state index is 0.552. The van der Waals surface area contributed by atoms with E-state index in [2.05, 4.69) is 233 Å². The lowest BCUT2D eigenvalue weighted by atomic mass is 10.1. The van der Waals surface area contributed by atoms with Crippen molar-refractivity contribution in [2.45, 2.75) is 0 Å². The Kier molecular flexibility index (Phi) is 11.0. The molecule has 6 heteroatoms. The van der Waals surface area contributed by atoms with Crippen LogP contribution >= 0.6 is 0 Å². The second-order valence-corrected chi connectivity index (χ2v) is 14.9. The van der Waals surface area contributed by atoms with Gasteiger partial charge >= 0.3 is 0 Å². The fourth-order valence-corrected chi connectivity index (χ4v) is 8.01. The summed E-state index contributed by atoms with van der Waals surface area (Å²) in [6, 6.07) is 87.7. The fourth-order valence-electron chi connectivity index (χ4n) is 8.01. The summed E-state index contributed by atoms with van der Waals surface area (Å²) in [6.45, 7) is 0. The van der Waals surface area contributed by atoms with Crippen LogP contribution in [0, 0.1) is 0 Å². The number of hydrogen-bond acceptors (Lipinski definition) is 6. The monoisotopic (exact) mass is 810 g/mol. The van der Waals surface area contributed by atoms with Crippen LogP contribution in [0.1, 0.15) is 0 Å². The van der Waals surface area contributed by atoms with Crippen LogP contribution < -0.4 is 14.7 Å². The molecule has 0 amide bonds. The van der Waals surface area contributed by atoms with Crippen molar-refractivity contribution in [3.05, 3.63) is 255 Å². The van der Waals surface area contributed by atoms with Crippen LogP contribution in [0.3, 0.4) is 0 Å². The number of nitrogens with zero attached hydrogens (tertiary/aromatic N) is 6. The first-order valence-electron chi connectivity index (χ1n) is 21.0. The quantitative estimate of drug-likeness (QED) is 0.122. The lowest BCUT2D eigenvalue weighted by Gasteiger charge is -2.28. The molecule has 0 spiro atoms. The molecule has 0 bridgehead atoms. The molecule has 0 aliphatic heterocycles. The van der Waals surface area contributed by atoms with Gasteiger partial charge in [-0.1, -0.05) is 146 Å². The SMILES string of the molecule is c1ccc(N(c2ccccc2)c2cccc(-c3nc(-c4ccccc4N(c4ccccc4)c4ccccc4)nc(-c4ccccc4N(c4ccccc4)c4ccccc4)n3)c2)cc1. The Hall–Kier alpha value is -8.61. The number of hydrogen-bond donors (Lipinski definition) is 0. The topological polar surface area (TPSA) is 48.4 Å². The van der Waals surface area contributed by atoms with E-state index in [0.29, 0.717) is 17.5 Å². The van der Waals surface area contributed by atoms with Gasteiger partial charge in [-0.3, -0.25) is 0 Å². The van der Waals surface area contributed by atoms with Crippen molar-refractivity contribution in [2.24, 2.45) is 0 Å². The number of aromatic nitrogens is 3. The Bertz CT molecular complexity index is 2790. The van der Waals surface area contributed by atoms with Gasteiger partial charge in [0.2, 0.25) is 0 Å². The summed E-state index contributed by atoms with van der Waals surface area (Å²) < 4.78 is 0. The van der Waals surface area contributed by atoms with Crippen molar-refractivity contribution in [3.8, 4) is 34.2 Å². The van der Waals surface area contributed by atoms with E-state index < -0.39 is 0 Å². The minimum absolute atomic E-state index is 0.552. The Balaban J connectivity index is 1.20. The van der Waals surface area contributed by atoms with Crippen molar-refractivity contribution in [2.75, 3.05) is 14.7 Å². The molecule has 0 unspecified atom stereocenters. The average Bonchev–Trinajstić information content (AvgIpc) is 3.37. The highest BCUT2D eigenvalue weighted by Gasteiger charge is 2.24. The molecular formula is C57H42N6. The molecule has 63 heavy (non-hydrogen) atoms. The molecule has 9 aromatic carbocycles. The molecule has 0 saturated carbocycles. The summed E-state index contributed by atoms with van der Waals surface area (Å²) in [5.41, 5.74) is 11.6. The first-order chi connectivity index (χ1) is 31.3. The van der Waals surface area contributed by atoms with E-state index in [1.54, 1.807) is 0 Å². The van der Waals surface area contributed by atoms with E-state index in [0.717, 1.165) is 67.9 Å². The van der Waals surface area contributed by atoms with Crippen molar-refractivity contribution in [1.82, 2.24) is 15.0 Å². The molecule has 0 fully saturated rings. The third-order valence-corrected chi connectivity index (χ3v) is 10.9. The van der Waals surface area contributed by atoms with Gasteiger partial charge in [0.15, 0.2) is 17.5 Å². The van der Waals surface area contributed by atoms with Crippen molar-refractivity contribution in [3.63, 3.8) is 0 Å². The Morgan fingerprint density at radius 3 is 0.873 bits per heavy atom. The summed E-state index contributed by atoms with van der Waals surface area (Å²) in [4.78, 5) is 23.0. The molecule has 0 aliphatic carbocycles. The molecule has 1 heterocycles. The van der Waals surface area contributed by atoms with E-state index in [9.17, 15) is 0 Å². The summed E-state index contributed by atoms with van der Waals surface area (Å²) in [6.07, 6.45) is 0. The first-order valence-corrected chi connectivity index (χ1v) is 21.0. The third-order valence-electron chi connectivity index (χ3n) is 10.9.